The lowest BCUT2D eigenvalue weighted by Crippen LogP contribution is -2.37. The molecule has 0 aromatic rings. The van der Waals surface area contributed by atoms with Crippen molar-refractivity contribution in [1.29, 1.82) is 0 Å². The summed E-state index contributed by atoms with van der Waals surface area (Å²) in [5.41, 5.74) is 0. The monoisotopic (exact) mass is 1090 g/mol. The highest BCUT2D eigenvalue weighted by Gasteiger charge is 2.27. The fourth-order valence-electron chi connectivity index (χ4n) is 8.90. The van der Waals surface area contributed by atoms with Crippen molar-refractivity contribution in [2.45, 2.75) is 290 Å². The second kappa shape index (κ2) is 57.1. The minimum absolute atomic E-state index is 0.0267. The van der Waals surface area contributed by atoms with E-state index in [2.05, 4.69) is 86.8 Å². The van der Waals surface area contributed by atoms with Crippen molar-refractivity contribution in [3.8, 4) is 0 Å². The standard InChI is InChI=1S/C66H120NO8P/c1-6-8-10-12-14-16-18-20-22-24-26-28-30-32-33-35-36-38-40-42-44-46-48-50-52-54-56-58-65(68)72-62-64(63-74-76(70,71)73-61-60-67(3,4)5)75-66(69)59-57-55-53-51-49-47-45-43-41-39-37-34-31-29-27-25-23-21-19-17-15-13-11-9-7-2/h9,11,15,17,21,23,27,29,34,37,41,43,64H,6-8,10,12-14,16,18-20,22,24-26,28,30-33,35-36,38-40,42,44-63H2,1-5H3/p+1/b11-9-,17-15-,23-21-,29-27-,37-34-,43-41-. The molecule has 0 fully saturated rings. The summed E-state index contributed by atoms with van der Waals surface area (Å²) in [6.07, 6.45) is 75.6. The quantitative estimate of drug-likeness (QED) is 0.0211. The predicted molar refractivity (Wildman–Crippen MR) is 326 cm³/mol. The Hall–Kier alpha value is -2.55. The van der Waals surface area contributed by atoms with E-state index in [4.69, 9.17) is 18.5 Å². The average Bonchev–Trinajstić information content (AvgIpc) is 3.38. The van der Waals surface area contributed by atoms with Crippen molar-refractivity contribution >= 4 is 19.8 Å². The van der Waals surface area contributed by atoms with Gasteiger partial charge in [0.2, 0.25) is 0 Å². The molecule has 0 aromatic heterocycles. The molecule has 0 aliphatic heterocycles. The average molecular weight is 1090 g/mol. The molecule has 76 heavy (non-hydrogen) atoms. The number of hydrogen-bond acceptors (Lipinski definition) is 7. The van der Waals surface area contributed by atoms with Crippen LogP contribution < -0.4 is 0 Å². The summed E-state index contributed by atoms with van der Waals surface area (Å²) in [6.45, 7) is 4.34. The second-order valence-corrected chi connectivity index (χ2v) is 23.9. The zero-order chi connectivity index (χ0) is 55.6. The van der Waals surface area contributed by atoms with Gasteiger partial charge in [-0.25, -0.2) is 4.57 Å². The van der Waals surface area contributed by atoms with E-state index in [0.29, 0.717) is 17.4 Å². The van der Waals surface area contributed by atoms with E-state index in [1.165, 1.54) is 154 Å². The molecule has 0 bridgehead atoms. The van der Waals surface area contributed by atoms with Gasteiger partial charge < -0.3 is 18.9 Å². The summed E-state index contributed by atoms with van der Waals surface area (Å²) < 4.78 is 34.6. The number of ether oxygens (including phenoxy) is 2. The molecule has 0 aromatic carbocycles. The highest BCUT2D eigenvalue weighted by Crippen LogP contribution is 2.43. The molecule has 0 aliphatic rings. The van der Waals surface area contributed by atoms with E-state index in [1.807, 2.05) is 21.1 Å². The van der Waals surface area contributed by atoms with E-state index in [-0.39, 0.29) is 32.0 Å². The topological polar surface area (TPSA) is 108 Å². The zero-order valence-corrected chi connectivity index (χ0v) is 51.1. The molecule has 0 saturated heterocycles. The van der Waals surface area contributed by atoms with Gasteiger partial charge in [-0.1, -0.05) is 279 Å². The summed E-state index contributed by atoms with van der Waals surface area (Å²) in [5.74, 6) is -0.806. The van der Waals surface area contributed by atoms with Crippen LogP contribution in [-0.2, 0) is 32.7 Å². The molecule has 0 amide bonds. The number of phosphoric ester groups is 1. The van der Waals surface area contributed by atoms with Gasteiger partial charge >= 0.3 is 19.8 Å². The fraction of sp³-hybridized carbons (Fsp3) is 0.788. The molecule has 0 radical (unpaired) electrons. The first-order chi connectivity index (χ1) is 37.0. The molecule has 0 rings (SSSR count). The Morgan fingerprint density at radius 2 is 0.750 bits per heavy atom. The molecule has 0 spiro atoms. The first-order valence-electron chi connectivity index (χ1n) is 31.7. The summed E-state index contributed by atoms with van der Waals surface area (Å²) in [4.78, 5) is 35.8. The lowest BCUT2D eigenvalue weighted by atomic mass is 10.0. The number of phosphoric acid groups is 1. The van der Waals surface area contributed by atoms with Crippen LogP contribution in [-0.4, -0.2) is 74.9 Å². The number of likely N-dealkylation sites (N-methyl/N-ethyl adjacent to an activating group) is 1. The number of carbonyl (C=O) groups excluding carboxylic acids is 2. The van der Waals surface area contributed by atoms with Gasteiger partial charge in [-0.2, -0.15) is 0 Å². The number of esters is 2. The van der Waals surface area contributed by atoms with Crippen LogP contribution in [0.4, 0.5) is 0 Å². The Morgan fingerprint density at radius 1 is 0.421 bits per heavy atom. The highest BCUT2D eigenvalue weighted by atomic mass is 31.2. The van der Waals surface area contributed by atoms with E-state index >= 15 is 0 Å². The van der Waals surface area contributed by atoms with Crippen LogP contribution in [0.5, 0.6) is 0 Å². The molecule has 0 heterocycles. The Bertz CT molecular complexity index is 1510. The van der Waals surface area contributed by atoms with Gasteiger partial charge in [0.15, 0.2) is 6.10 Å². The van der Waals surface area contributed by atoms with Gasteiger partial charge in [-0.05, 0) is 64.2 Å². The van der Waals surface area contributed by atoms with Crippen molar-refractivity contribution in [3.63, 3.8) is 0 Å². The number of unbranched alkanes of at least 4 members (excludes halogenated alkanes) is 32. The van der Waals surface area contributed by atoms with Crippen LogP contribution in [0.2, 0.25) is 0 Å². The Kier molecular flexibility index (Phi) is 55.2. The van der Waals surface area contributed by atoms with E-state index in [9.17, 15) is 19.0 Å². The van der Waals surface area contributed by atoms with Gasteiger partial charge in [0, 0.05) is 12.8 Å². The van der Waals surface area contributed by atoms with Crippen LogP contribution in [0.1, 0.15) is 284 Å². The minimum Gasteiger partial charge on any atom is -0.462 e. The van der Waals surface area contributed by atoms with Gasteiger partial charge in [-0.3, -0.25) is 18.6 Å². The third kappa shape index (κ3) is 60.7. The summed E-state index contributed by atoms with van der Waals surface area (Å²) in [6, 6.07) is 0. The molecule has 2 unspecified atom stereocenters. The first-order valence-corrected chi connectivity index (χ1v) is 33.2. The number of rotatable bonds is 58. The predicted octanol–water partition coefficient (Wildman–Crippen LogP) is 20.0. The number of quaternary nitrogens is 1. The number of allylic oxidation sites excluding steroid dienone is 12. The van der Waals surface area contributed by atoms with Gasteiger partial charge in [0.05, 0.1) is 27.7 Å². The van der Waals surface area contributed by atoms with Crippen molar-refractivity contribution in [2.75, 3.05) is 47.5 Å². The van der Waals surface area contributed by atoms with Crippen molar-refractivity contribution in [1.82, 2.24) is 0 Å². The maximum Gasteiger partial charge on any atom is 0.472 e. The maximum atomic E-state index is 12.8. The largest absolute Gasteiger partial charge is 0.472 e. The number of nitrogens with zero attached hydrogens (tertiary/aromatic N) is 1. The molecular weight excluding hydrogens is 966 g/mol. The Morgan fingerprint density at radius 3 is 1.12 bits per heavy atom. The Labute approximate surface area is 469 Å². The van der Waals surface area contributed by atoms with E-state index < -0.39 is 26.5 Å². The molecule has 9 nitrogen and oxygen atoms in total. The smallest absolute Gasteiger partial charge is 0.462 e. The van der Waals surface area contributed by atoms with Crippen molar-refractivity contribution in [3.05, 3.63) is 72.9 Å². The molecule has 0 aliphatic carbocycles. The summed E-state index contributed by atoms with van der Waals surface area (Å²) in [5, 5.41) is 0. The summed E-state index contributed by atoms with van der Waals surface area (Å²) >= 11 is 0. The molecular formula is C66H121NO8P+. The van der Waals surface area contributed by atoms with Crippen LogP contribution in [0, 0.1) is 0 Å². The second-order valence-electron chi connectivity index (χ2n) is 22.4. The molecule has 2 atom stereocenters. The molecule has 442 valence electrons. The first kappa shape index (κ1) is 73.5. The fourth-order valence-corrected chi connectivity index (χ4v) is 9.65. The van der Waals surface area contributed by atoms with Crippen LogP contribution >= 0.6 is 7.82 Å². The van der Waals surface area contributed by atoms with Crippen LogP contribution in [0.3, 0.4) is 0 Å². The third-order valence-corrected chi connectivity index (χ3v) is 14.7. The third-order valence-electron chi connectivity index (χ3n) is 13.8. The maximum absolute atomic E-state index is 12.8. The minimum atomic E-state index is -4.40. The normalized spacial score (nSPS) is 13.7. The molecule has 10 heteroatoms. The summed E-state index contributed by atoms with van der Waals surface area (Å²) in [7, 11) is 1.47. The zero-order valence-electron chi connectivity index (χ0n) is 50.2. The highest BCUT2D eigenvalue weighted by molar-refractivity contribution is 7.47. The van der Waals surface area contributed by atoms with Gasteiger partial charge in [0.25, 0.3) is 0 Å². The molecule has 1 N–H and O–H groups in total. The SMILES string of the molecule is CC/C=C\C/C=C\C/C=C\C/C=C\C/C=C\C/C=C\CCCCCCCCC(=O)OC(COC(=O)CCCCCCCCCCCCCCCCCCCCCCCCCCCCC)COP(=O)(O)OCC[N+](C)(C)C. The number of hydrogen-bond donors (Lipinski definition) is 1. The van der Waals surface area contributed by atoms with Gasteiger partial charge in [-0.15, -0.1) is 0 Å². The van der Waals surface area contributed by atoms with Gasteiger partial charge in [0.1, 0.15) is 19.8 Å². The number of carbonyl (C=O) groups is 2. The van der Waals surface area contributed by atoms with Crippen LogP contribution in [0.25, 0.3) is 0 Å². The lowest BCUT2D eigenvalue weighted by Gasteiger charge is -2.24. The van der Waals surface area contributed by atoms with E-state index in [1.54, 1.807) is 0 Å². The molecule has 0 saturated carbocycles. The van der Waals surface area contributed by atoms with Crippen molar-refractivity contribution in [2.24, 2.45) is 0 Å². The Balaban J connectivity index is 4.13. The lowest BCUT2D eigenvalue weighted by molar-refractivity contribution is -0.870. The van der Waals surface area contributed by atoms with Crippen molar-refractivity contribution < 1.29 is 42.1 Å². The van der Waals surface area contributed by atoms with Crippen LogP contribution in [0.15, 0.2) is 72.9 Å². The van der Waals surface area contributed by atoms with E-state index in [0.717, 1.165) is 96.3 Å².